The first-order valence-electron chi connectivity index (χ1n) is 5.86. The van der Waals surface area contributed by atoms with E-state index in [1.807, 2.05) is 22.6 Å². The molecule has 0 saturated carbocycles. The van der Waals surface area contributed by atoms with Gasteiger partial charge in [-0.25, -0.2) is 0 Å². The largest absolute Gasteiger partial charge is 0.481 e. The van der Waals surface area contributed by atoms with Gasteiger partial charge in [-0.1, -0.05) is 40.3 Å². The van der Waals surface area contributed by atoms with Crippen molar-refractivity contribution in [3.63, 3.8) is 0 Å². The molecular weight excluding hydrogens is 397 g/mol. The summed E-state index contributed by atoms with van der Waals surface area (Å²) in [6.07, 6.45) is -0.685. The van der Waals surface area contributed by atoms with E-state index in [0.717, 1.165) is 0 Å². The number of carbonyl (C=O) groups excluding carboxylic acids is 2. The monoisotopic (exact) mass is 411 g/mol. The Morgan fingerprint density at radius 2 is 2.15 bits per heavy atom. The molecule has 0 fully saturated rings. The second kappa shape index (κ2) is 8.31. The molecule has 0 bridgehead atoms. The molecule has 0 aliphatic carbocycles. The molecule has 7 heteroatoms. The number of ether oxygens (including phenoxy) is 2. The molecule has 110 valence electrons. The molecule has 1 aromatic carbocycles. The lowest BCUT2D eigenvalue weighted by molar-refractivity contribution is -0.139. The highest BCUT2D eigenvalue weighted by molar-refractivity contribution is 14.1. The number of carbonyl (C=O) groups is 2. The smallest absolute Gasteiger partial charge is 0.320 e. The highest BCUT2D eigenvalue weighted by Crippen LogP contribution is 2.18. The molecule has 2 unspecified atom stereocenters. The number of benzene rings is 1. The van der Waals surface area contributed by atoms with Crippen LogP contribution in [0.5, 0.6) is 5.75 Å². The van der Waals surface area contributed by atoms with Crippen LogP contribution >= 0.6 is 34.2 Å². The zero-order valence-electron chi connectivity index (χ0n) is 11.1. The standard InChI is InChI=1S/C13H15ClINO4/c1-8(20-10-5-3-4-9(14)6-10)12(17)16-7-11(15)13(18)19-2/h3-6,8,11H,7H2,1-2H3,(H,16,17). The molecule has 0 spiro atoms. The maximum absolute atomic E-state index is 11.8. The minimum absolute atomic E-state index is 0.190. The van der Waals surface area contributed by atoms with Crippen molar-refractivity contribution in [1.29, 1.82) is 0 Å². The number of rotatable bonds is 6. The second-order valence-electron chi connectivity index (χ2n) is 3.95. The second-order valence-corrected chi connectivity index (χ2v) is 5.89. The van der Waals surface area contributed by atoms with Crippen molar-refractivity contribution in [1.82, 2.24) is 5.32 Å². The third-order valence-corrected chi connectivity index (χ3v) is 3.57. The van der Waals surface area contributed by atoms with Gasteiger partial charge in [-0.3, -0.25) is 9.59 Å². The summed E-state index contributed by atoms with van der Waals surface area (Å²) in [5.41, 5.74) is 0. The molecule has 5 nitrogen and oxygen atoms in total. The van der Waals surface area contributed by atoms with E-state index in [9.17, 15) is 9.59 Å². The van der Waals surface area contributed by atoms with E-state index in [2.05, 4.69) is 10.1 Å². The lowest BCUT2D eigenvalue weighted by atomic mass is 10.3. The molecule has 0 aliphatic rings. The van der Waals surface area contributed by atoms with Crippen molar-refractivity contribution >= 4 is 46.1 Å². The van der Waals surface area contributed by atoms with Crippen molar-refractivity contribution in [2.24, 2.45) is 0 Å². The quantitative estimate of drug-likeness (QED) is 0.443. The number of hydrogen-bond donors (Lipinski definition) is 1. The Labute approximate surface area is 136 Å². The van der Waals surface area contributed by atoms with E-state index in [4.69, 9.17) is 16.3 Å². The lowest BCUT2D eigenvalue weighted by Crippen LogP contribution is -2.40. The van der Waals surface area contributed by atoms with Gasteiger partial charge in [0.25, 0.3) is 5.91 Å². The van der Waals surface area contributed by atoms with Crippen LogP contribution in [0, 0.1) is 0 Å². The predicted molar refractivity (Wildman–Crippen MR) is 84.4 cm³/mol. The normalized spacial score (nSPS) is 13.2. The van der Waals surface area contributed by atoms with Crippen LogP contribution in [0.2, 0.25) is 5.02 Å². The molecule has 1 rings (SSSR count). The summed E-state index contributed by atoms with van der Waals surface area (Å²) in [7, 11) is 1.31. The summed E-state index contributed by atoms with van der Waals surface area (Å²) < 4.78 is 9.60. The van der Waals surface area contributed by atoms with E-state index in [-0.39, 0.29) is 18.4 Å². The van der Waals surface area contributed by atoms with Gasteiger partial charge in [-0.2, -0.15) is 0 Å². The first-order valence-corrected chi connectivity index (χ1v) is 7.48. The summed E-state index contributed by atoms with van der Waals surface area (Å²) in [4.78, 5) is 23.0. The molecule has 1 aromatic rings. The molecule has 20 heavy (non-hydrogen) atoms. The first-order chi connectivity index (χ1) is 9.43. The van der Waals surface area contributed by atoms with Crippen LogP contribution in [0.4, 0.5) is 0 Å². The van der Waals surface area contributed by atoms with Gasteiger partial charge in [-0.05, 0) is 25.1 Å². The van der Waals surface area contributed by atoms with E-state index in [1.165, 1.54) is 7.11 Å². The summed E-state index contributed by atoms with van der Waals surface area (Å²) >= 11 is 7.73. The van der Waals surface area contributed by atoms with Crippen LogP contribution in [-0.2, 0) is 14.3 Å². The number of nitrogens with one attached hydrogen (secondary N) is 1. The molecule has 0 heterocycles. The fourth-order valence-electron chi connectivity index (χ4n) is 1.34. The molecule has 1 amide bonds. The van der Waals surface area contributed by atoms with Crippen LogP contribution in [0.3, 0.4) is 0 Å². The SMILES string of the molecule is COC(=O)C(I)CNC(=O)C(C)Oc1cccc(Cl)c1. The van der Waals surface area contributed by atoms with Crippen molar-refractivity contribution in [2.45, 2.75) is 17.0 Å². The van der Waals surface area contributed by atoms with Gasteiger partial charge in [0.2, 0.25) is 0 Å². The van der Waals surface area contributed by atoms with Crippen LogP contribution in [-0.4, -0.2) is 35.6 Å². The molecule has 0 aliphatic heterocycles. The average Bonchev–Trinajstić information content (AvgIpc) is 2.43. The van der Waals surface area contributed by atoms with Crippen LogP contribution < -0.4 is 10.1 Å². The van der Waals surface area contributed by atoms with Gasteiger partial charge in [0.1, 0.15) is 9.67 Å². The Kier molecular flexibility index (Phi) is 7.08. The Hall–Kier alpha value is -1.02. The van der Waals surface area contributed by atoms with Gasteiger partial charge in [0, 0.05) is 11.6 Å². The lowest BCUT2D eigenvalue weighted by Gasteiger charge is -2.16. The van der Waals surface area contributed by atoms with Crippen molar-refractivity contribution in [2.75, 3.05) is 13.7 Å². The van der Waals surface area contributed by atoms with Crippen molar-refractivity contribution in [3.8, 4) is 5.75 Å². The van der Waals surface area contributed by atoms with Gasteiger partial charge >= 0.3 is 5.97 Å². The third-order valence-electron chi connectivity index (χ3n) is 2.39. The Balaban J connectivity index is 2.45. The third kappa shape index (κ3) is 5.54. The van der Waals surface area contributed by atoms with E-state index >= 15 is 0 Å². The van der Waals surface area contributed by atoms with E-state index in [1.54, 1.807) is 31.2 Å². The molecule has 1 N–H and O–H groups in total. The molecule has 0 aromatic heterocycles. The summed E-state index contributed by atoms with van der Waals surface area (Å²) in [5.74, 6) is -0.177. The van der Waals surface area contributed by atoms with Crippen molar-refractivity contribution < 1.29 is 19.1 Å². The summed E-state index contributed by atoms with van der Waals surface area (Å²) in [6, 6.07) is 6.79. The molecule has 0 radical (unpaired) electrons. The maximum Gasteiger partial charge on any atom is 0.320 e. The number of amides is 1. The fourth-order valence-corrected chi connectivity index (χ4v) is 2.00. The zero-order chi connectivity index (χ0) is 15.1. The zero-order valence-corrected chi connectivity index (χ0v) is 14.0. The predicted octanol–water partition coefficient (Wildman–Crippen LogP) is 2.20. The molecular formula is C13H15ClINO4. The number of halogens is 2. The van der Waals surface area contributed by atoms with Crippen LogP contribution in [0.1, 0.15) is 6.92 Å². The summed E-state index contributed by atoms with van der Waals surface area (Å²) in [5, 5.41) is 3.16. The minimum atomic E-state index is -0.685. The average molecular weight is 412 g/mol. The number of alkyl halides is 1. The number of esters is 1. The Morgan fingerprint density at radius 3 is 2.75 bits per heavy atom. The number of methoxy groups -OCH3 is 1. The van der Waals surface area contributed by atoms with Crippen LogP contribution in [0.25, 0.3) is 0 Å². The molecule has 2 atom stereocenters. The van der Waals surface area contributed by atoms with Gasteiger partial charge < -0.3 is 14.8 Å². The van der Waals surface area contributed by atoms with Crippen molar-refractivity contribution in [3.05, 3.63) is 29.3 Å². The van der Waals surface area contributed by atoms with Gasteiger partial charge in [0.05, 0.1) is 7.11 Å². The fraction of sp³-hybridized carbons (Fsp3) is 0.385. The first kappa shape index (κ1) is 17.0. The molecule has 0 saturated heterocycles. The van der Waals surface area contributed by atoms with Gasteiger partial charge in [-0.15, -0.1) is 0 Å². The van der Waals surface area contributed by atoms with Crippen LogP contribution in [0.15, 0.2) is 24.3 Å². The van der Waals surface area contributed by atoms with E-state index < -0.39 is 10.0 Å². The maximum atomic E-state index is 11.8. The Morgan fingerprint density at radius 1 is 1.45 bits per heavy atom. The minimum Gasteiger partial charge on any atom is -0.481 e. The highest BCUT2D eigenvalue weighted by atomic mass is 127. The Bertz CT molecular complexity index is 483. The number of hydrogen-bond acceptors (Lipinski definition) is 4. The summed E-state index contributed by atoms with van der Waals surface area (Å²) in [6.45, 7) is 1.81. The van der Waals surface area contributed by atoms with Gasteiger partial charge in [0.15, 0.2) is 6.10 Å². The topological polar surface area (TPSA) is 64.6 Å². The highest BCUT2D eigenvalue weighted by Gasteiger charge is 2.19. The van der Waals surface area contributed by atoms with E-state index in [0.29, 0.717) is 10.8 Å².